The van der Waals surface area contributed by atoms with Crippen molar-refractivity contribution in [3.8, 4) is 0 Å². The van der Waals surface area contributed by atoms with Gasteiger partial charge in [-0.2, -0.15) is 4.31 Å². The maximum Gasteiger partial charge on any atom is 0.254 e. The van der Waals surface area contributed by atoms with E-state index in [1.165, 1.54) is 17.5 Å². The van der Waals surface area contributed by atoms with Gasteiger partial charge in [-0.05, 0) is 18.2 Å². The number of amides is 1. The van der Waals surface area contributed by atoms with E-state index in [0.717, 1.165) is 12.1 Å². The van der Waals surface area contributed by atoms with E-state index in [0.29, 0.717) is 26.1 Å². The third kappa shape index (κ3) is 4.30. The molecule has 1 aromatic rings. The fourth-order valence-electron chi connectivity index (χ4n) is 3.20. The third-order valence-corrected chi connectivity index (χ3v) is 6.60. The van der Waals surface area contributed by atoms with E-state index in [9.17, 15) is 17.6 Å². The molecule has 2 fully saturated rings. The molecule has 2 aliphatic heterocycles. The Bertz CT molecular complexity index is 785. The van der Waals surface area contributed by atoms with Crippen molar-refractivity contribution < 1.29 is 31.8 Å². The highest BCUT2D eigenvalue weighted by Gasteiger charge is 2.42. The summed E-state index contributed by atoms with van der Waals surface area (Å²) in [5, 5.41) is 2.49. The molecule has 0 radical (unpaired) electrons. The first-order chi connectivity index (χ1) is 12.9. The number of hydrogen-bond donors (Lipinski definition) is 1. The van der Waals surface area contributed by atoms with Gasteiger partial charge in [0.1, 0.15) is 5.82 Å². The fraction of sp³-hybridized carbons (Fsp3) is 0.588. The number of carbonyl (C=O) groups is 1. The SMILES string of the molecule is COCCNC(=O)c1cc(S(=O)(=O)N2CCC3(CC2)OCCO3)ccc1F. The molecule has 1 amide bonds. The summed E-state index contributed by atoms with van der Waals surface area (Å²) in [6, 6.07) is 3.23. The van der Waals surface area contributed by atoms with Gasteiger partial charge >= 0.3 is 0 Å². The number of sulfonamides is 1. The average molecular weight is 402 g/mol. The van der Waals surface area contributed by atoms with Gasteiger partial charge in [0.05, 0.1) is 30.3 Å². The van der Waals surface area contributed by atoms with Crippen molar-refractivity contribution in [1.29, 1.82) is 0 Å². The van der Waals surface area contributed by atoms with Gasteiger partial charge < -0.3 is 19.5 Å². The van der Waals surface area contributed by atoms with Crippen molar-refractivity contribution in [1.82, 2.24) is 9.62 Å². The lowest BCUT2D eigenvalue weighted by molar-refractivity contribution is -0.179. The van der Waals surface area contributed by atoms with E-state index in [2.05, 4.69) is 5.32 Å². The van der Waals surface area contributed by atoms with Crippen LogP contribution in [0, 0.1) is 5.82 Å². The monoisotopic (exact) mass is 402 g/mol. The molecule has 1 aromatic carbocycles. The van der Waals surface area contributed by atoms with E-state index < -0.39 is 27.5 Å². The van der Waals surface area contributed by atoms with Crippen LogP contribution in [-0.2, 0) is 24.2 Å². The molecular formula is C17H23FN2O6S. The van der Waals surface area contributed by atoms with E-state index in [1.807, 2.05) is 0 Å². The normalized spacial score (nSPS) is 20.1. The quantitative estimate of drug-likeness (QED) is 0.705. The molecule has 3 rings (SSSR count). The van der Waals surface area contributed by atoms with Gasteiger partial charge in [0.25, 0.3) is 5.91 Å². The molecule has 0 bridgehead atoms. The molecule has 0 atom stereocenters. The number of halogens is 1. The lowest BCUT2D eigenvalue weighted by atomic mass is 10.1. The Morgan fingerprint density at radius 1 is 1.30 bits per heavy atom. The lowest BCUT2D eigenvalue weighted by Crippen LogP contribution is -2.47. The Morgan fingerprint density at radius 3 is 2.59 bits per heavy atom. The number of nitrogens with one attached hydrogen (secondary N) is 1. The number of hydrogen-bond acceptors (Lipinski definition) is 6. The molecule has 2 heterocycles. The molecule has 8 nitrogen and oxygen atoms in total. The van der Waals surface area contributed by atoms with Crippen molar-refractivity contribution in [3.05, 3.63) is 29.6 Å². The van der Waals surface area contributed by atoms with Gasteiger partial charge in [-0.3, -0.25) is 4.79 Å². The second-order valence-electron chi connectivity index (χ2n) is 6.40. The Morgan fingerprint density at radius 2 is 1.96 bits per heavy atom. The zero-order chi connectivity index (χ0) is 19.5. The largest absolute Gasteiger partial charge is 0.383 e. The highest BCUT2D eigenvalue weighted by atomic mass is 32.2. The van der Waals surface area contributed by atoms with Gasteiger partial charge in [-0.1, -0.05) is 0 Å². The number of benzene rings is 1. The summed E-state index contributed by atoms with van der Waals surface area (Å²) in [6.45, 7) is 1.94. The molecule has 1 N–H and O–H groups in total. The molecule has 27 heavy (non-hydrogen) atoms. The Labute approximate surface area is 157 Å². The van der Waals surface area contributed by atoms with E-state index in [-0.39, 0.29) is 36.7 Å². The average Bonchev–Trinajstić information content (AvgIpc) is 3.10. The van der Waals surface area contributed by atoms with Crippen LogP contribution in [0.15, 0.2) is 23.1 Å². The predicted octanol–water partition coefficient (Wildman–Crippen LogP) is 0.729. The zero-order valence-corrected chi connectivity index (χ0v) is 15.9. The summed E-state index contributed by atoms with van der Waals surface area (Å²) >= 11 is 0. The molecule has 0 aliphatic carbocycles. The van der Waals surface area contributed by atoms with Crippen LogP contribution >= 0.6 is 0 Å². The topological polar surface area (TPSA) is 94.2 Å². The van der Waals surface area contributed by atoms with Crippen molar-refractivity contribution in [2.24, 2.45) is 0 Å². The number of ether oxygens (including phenoxy) is 3. The van der Waals surface area contributed by atoms with Crippen LogP contribution < -0.4 is 5.32 Å². The summed E-state index contributed by atoms with van der Waals surface area (Å²) in [6.07, 6.45) is 0.857. The summed E-state index contributed by atoms with van der Waals surface area (Å²) in [4.78, 5) is 12.0. The molecule has 1 spiro atoms. The minimum absolute atomic E-state index is 0.120. The lowest BCUT2D eigenvalue weighted by Gasteiger charge is -2.36. The molecular weight excluding hydrogens is 379 g/mol. The van der Waals surface area contributed by atoms with E-state index in [1.54, 1.807) is 0 Å². The number of piperidine rings is 1. The molecule has 0 unspecified atom stereocenters. The van der Waals surface area contributed by atoms with Crippen LogP contribution in [0.2, 0.25) is 0 Å². The summed E-state index contributed by atoms with van der Waals surface area (Å²) < 4.78 is 57.2. The molecule has 2 aliphatic rings. The van der Waals surface area contributed by atoms with Crippen LogP contribution in [0.1, 0.15) is 23.2 Å². The van der Waals surface area contributed by atoms with Gasteiger partial charge in [0.15, 0.2) is 5.79 Å². The molecule has 0 aromatic heterocycles. The van der Waals surface area contributed by atoms with Crippen LogP contribution in [0.4, 0.5) is 4.39 Å². The Kier molecular flexibility index (Phi) is 6.11. The zero-order valence-electron chi connectivity index (χ0n) is 15.1. The van der Waals surface area contributed by atoms with Crippen molar-refractivity contribution in [2.75, 3.05) is 46.6 Å². The Balaban J connectivity index is 1.74. The molecule has 10 heteroatoms. The minimum atomic E-state index is -3.86. The maximum absolute atomic E-state index is 14.0. The summed E-state index contributed by atoms with van der Waals surface area (Å²) in [5.74, 6) is -2.16. The van der Waals surface area contributed by atoms with E-state index in [4.69, 9.17) is 14.2 Å². The number of nitrogens with zero attached hydrogens (tertiary/aromatic N) is 1. The summed E-state index contributed by atoms with van der Waals surface area (Å²) in [5.41, 5.74) is -0.317. The smallest absolute Gasteiger partial charge is 0.254 e. The third-order valence-electron chi connectivity index (χ3n) is 4.71. The minimum Gasteiger partial charge on any atom is -0.383 e. The van der Waals surface area contributed by atoms with Crippen molar-refractivity contribution >= 4 is 15.9 Å². The van der Waals surface area contributed by atoms with Crippen LogP contribution in [0.5, 0.6) is 0 Å². The van der Waals surface area contributed by atoms with Crippen molar-refractivity contribution in [3.63, 3.8) is 0 Å². The highest BCUT2D eigenvalue weighted by molar-refractivity contribution is 7.89. The maximum atomic E-state index is 14.0. The van der Waals surface area contributed by atoms with Crippen LogP contribution in [-0.4, -0.2) is 71.0 Å². The predicted molar refractivity (Wildman–Crippen MR) is 93.2 cm³/mol. The van der Waals surface area contributed by atoms with Gasteiger partial charge in [0, 0.05) is 39.6 Å². The van der Waals surface area contributed by atoms with Gasteiger partial charge in [0.2, 0.25) is 10.0 Å². The van der Waals surface area contributed by atoms with Gasteiger partial charge in [-0.15, -0.1) is 0 Å². The molecule has 150 valence electrons. The number of carbonyl (C=O) groups excluding carboxylic acids is 1. The molecule has 0 saturated carbocycles. The van der Waals surface area contributed by atoms with Gasteiger partial charge in [-0.25, -0.2) is 12.8 Å². The fourth-order valence-corrected chi connectivity index (χ4v) is 4.67. The number of rotatable bonds is 6. The Hall–Kier alpha value is -1.59. The standard InChI is InChI=1S/C17H23FN2O6S/c1-24-9-6-19-16(21)14-12-13(2-3-15(14)18)27(22,23)20-7-4-17(5-8-20)25-10-11-26-17/h2-3,12H,4-11H2,1H3,(H,19,21). The first-order valence-corrected chi connectivity index (χ1v) is 10.2. The van der Waals surface area contributed by atoms with Crippen molar-refractivity contribution in [2.45, 2.75) is 23.5 Å². The second kappa shape index (κ2) is 8.19. The molecule has 2 saturated heterocycles. The van der Waals surface area contributed by atoms with Crippen LogP contribution in [0.3, 0.4) is 0 Å². The highest BCUT2D eigenvalue weighted by Crippen LogP contribution is 2.33. The number of methoxy groups -OCH3 is 1. The summed E-state index contributed by atoms with van der Waals surface area (Å²) in [7, 11) is -2.38. The van der Waals surface area contributed by atoms with E-state index >= 15 is 0 Å². The second-order valence-corrected chi connectivity index (χ2v) is 8.34. The van der Waals surface area contributed by atoms with Crippen LogP contribution in [0.25, 0.3) is 0 Å². The first-order valence-electron chi connectivity index (χ1n) is 8.73. The first kappa shape index (κ1) is 20.2.